The van der Waals surface area contributed by atoms with E-state index in [1.165, 1.54) is 0 Å². The van der Waals surface area contributed by atoms with Crippen LogP contribution in [0.25, 0.3) is 0 Å². The second-order valence-electron chi connectivity index (χ2n) is 5.02. The van der Waals surface area contributed by atoms with E-state index >= 15 is 0 Å². The molecule has 3 N–H and O–H groups in total. The van der Waals surface area contributed by atoms with Crippen LogP contribution in [0.15, 0.2) is 0 Å². The molecule has 126 valence electrons. The molecule has 0 aliphatic rings. The maximum absolute atomic E-state index is 11.9. The lowest BCUT2D eigenvalue weighted by Crippen LogP contribution is -2.34. The van der Waals surface area contributed by atoms with Crippen molar-refractivity contribution in [3.63, 3.8) is 0 Å². The lowest BCUT2D eigenvalue weighted by Gasteiger charge is -2.20. The lowest BCUT2D eigenvalue weighted by molar-refractivity contribution is 0.0320. The smallest absolute Gasteiger partial charge is 0.444 e. The van der Waals surface area contributed by atoms with Crippen LogP contribution in [-0.2, 0) is 22.9 Å². The summed E-state index contributed by atoms with van der Waals surface area (Å²) in [5.41, 5.74) is -0.615. The lowest BCUT2D eigenvalue weighted by atomic mass is 10.2. The third kappa shape index (κ3) is 10.6. The van der Waals surface area contributed by atoms with Crippen molar-refractivity contribution in [2.45, 2.75) is 32.5 Å². The molecule has 0 aliphatic heterocycles. The Hall–Kier alpha value is -0.700. The van der Waals surface area contributed by atoms with Gasteiger partial charge in [0.25, 0.3) is 0 Å². The van der Waals surface area contributed by atoms with E-state index in [9.17, 15) is 9.36 Å². The number of rotatable bonds is 9. The van der Waals surface area contributed by atoms with E-state index in [0.717, 1.165) is 7.11 Å². The third-order valence-corrected chi connectivity index (χ3v) is 3.29. The van der Waals surface area contributed by atoms with Crippen molar-refractivity contribution in [2.75, 3.05) is 33.5 Å². The number of aliphatic hydroxyl groups is 2. The molecule has 10 heteroatoms. The number of phosphoric acid groups is 1. The van der Waals surface area contributed by atoms with Gasteiger partial charge in [0, 0.05) is 13.7 Å². The van der Waals surface area contributed by atoms with Crippen molar-refractivity contribution >= 4 is 13.9 Å². The van der Waals surface area contributed by atoms with Crippen LogP contribution in [0.4, 0.5) is 4.79 Å². The highest BCUT2D eigenvalue weighted by Crippen LogP contribution is 2.48. The van der Waals surface area contributed by atoms with Crippen molar-refractivity contribution in [1.82, 2.24) is 5.32 Å². The summed E-state index contributed by atoms with van der Waals surface area (Å²) in [6, 6.07) is 0. The van der Waals surface area contributed by atoms with E-state index in [2.05, 4.69) is 9.84 Å². The molecule has 2 atom stereocenters. The van der Waals surface area contributed by atoms with Crippen LogP contribution in [0.1, 0.15) is 20.8 Å². The second kappa shape index (κ2) is 9.34. The molecule has 0 aliphatic carbocycles. The standard InChI is InChI=1S/C11H24NO8P/c1-11(2,3)20-10(15)12-5-6-18-21(16,17-4)19-8-9(14)7-13/h9,13-14H,5-8H2,1-4H3,(H,12,15)/t9-,21?/m0/s1. The molecule has 1 amide bonds. The van der Waals surface area contributed by atoms with Gasteiger partial charge in [-0.05, 0) is 20.8 Å². The third-order valence-electron chi connectivity index (χ3n) is 1.88. The van der Waals surface area contributed by atoms with Crippen LogP contribution in [0.3, 0.4) is 0 Å². The predicted molar refractivity (Wildman–Crippen MR) is 73.8 cm³/mol. The summed E-state index contributed by atoms with van der Waals surface area (Å²) < 4.78 is 31.1. The Morgan fingerprint density at radius 3 is 2.43 bits per heavy atom. The van der Waals surface area contributed by atoms with Gasteiger partial charge in [-0.1, -0.05) is 0 Å². The highest BCUT2D eigenvalue weighted by molar-refractivity contribution is 7.48. The van der Waals surface area contributed by atoms with Crippen LogP contribution in [-0.4, -0.2) is 61.5 Å². The number of aliphatic hydroxyl groups excluding tert-OH is 2. The summed E-state index contributed by atoms with van der Waals surface area (Å²) >= 11 is 0. The molecule has 9 nitrogen and oxygen atoms in total. The first-order valence-electron chi connectivity index (χ1n) is 6.32. The Morgan fingerprint density at radius 2 is 1.95 bits per heavy atom. The fraction of sp³-hybridized carbons (Fsp3) is 0.909. The second-order valence-corrected chi connectivity index (χ2v) is 6.80. The largest absolute Gasteiger partial charge is 0.474 e. The van der Waals surface area contributed by atoms with Crippen molar-refractivity contribution in [1.29, 1.82) is 0 Å². The number of phosphoric ester groups is 1. The minimum Gasteiger partial charge on any atom is -0.444 e. The first-order chi connectivity index (χ1) is 9.62. The Bertz CT molecular complexity index is 357. The van der Waals surface area contributed by atoms with Gasteiger partial charge in [0.05, 0.1) is 19.8 Å². The summed E-state index contributed by atoms with van der Waals surface area (Å²) in [4.78, 5) is 11.3. The highest BCUT2D eigenvalue weighted by Gasteiger charge is 2.26. The average Bonchev–Trinajstić information content (AvgIpc) is 2.39. The minimum absolute atomic E-state index is 0.0359. The number of nitrogens with one attached hydrogen (secondary N) is 1. The predicted octanol–water partition coefficient (Wildman–Crippen LogP) is 0.652. The Labute approximate surface area is 124 Å². The van der Waals surface area contributed by atoms with Gasteiger partial charge in [-0.2, -0.15) is 0 Å². The molecule has 0 fully saturated rings. The van der Waals surface area contributed by atoms with E-state index in [-0.39, 0.29) is 13.2 Å². The van der Waals surface area contributed by atoms with Gasteiger partial charge in [-0.3, -0.25) is 13.6 Å². The number of carbonyl (C=O) groups excluding carboxylic acids is 1. The molecule has 1 unspecified atom stereocenters. The normalized spacial score (nSPS) is 16.1. The maximum atomic E-state index is 11.9. The first kappa shape index (κ1) is 20.3. The quantitative estimate of drug-likeness (QED) is 0.416. The minimum atomic E-state index is -3.83. The van der Waals surface area contributed by atoms with Crippen molar-refractivity contribution in [3.8, 4) is 0 Å². The summed E-state index contributed by atoms with van der Waals surface area (Å²) in [6.45, 7) is 4.13. The molecule has 0 heterocycles. The summed E-state index contributed by atoms with van der Waals surface area (Å²) in [5.74, 6) is 0. The van der Waals surface area contributed by atoms with Crippen LogP contribution in [0.2, 0.25) is 0 Å². The van der Waals surface area contributed by atoms with Crippen LogP contribution in [0.5, 0.6) is 0 Å². The van der Waals surface area contributed by atoms with Gasteiger partial charge < -0.3 is 20.3 Å². The molecular weight excluding hydrogens is 305 g/mol. The first-order valence-corrected chi connectivity index (χ1v) is 7.78. The Balaban J connectivity index is 4.01. The molecule has 0 aromatic heterocycles. The number of amides is 1. The molecule has 0 aromatic rings. The molecule has 0 spiro atoms. The molecule has 0 rings (SSSR count). The molecular formula is C11H24NO8P. The zero-order chi connectivity index (χ0) is 16.5. The van der Waals surface area contributed by atoms with Gasteiger partial charge in [0.2, 0.25) is 0 Å². The van der Waals surface area contributed by atoms with E-state index in [1.54, 1.807) is 20.8 Å². The monoisotopic (exact) mass is 329 g/mol. The molecule has 0 saturated carbocycles. The fourth-order valence-electron chi connectivity index (χ4n) is 0.997. The van der Waals surface area contributed by atoms with Gasteiger partial charge in [-0.25, -0.2) is 9.36 Å². The summed E-state index contributed by atoms with van der Waals surface area (Å²) in [5, 5.41) is 20.1. The Kier molecular flexibility index (Phi) is 9.03. The van der Waals surface area contributed by atoms with Gasteiger partial charge in [0.15, 0.2) is 0 Å². The summed E-state index contributed by atoms with van der Waals surface area (Å²) in [6.07, 6.45) is -1.81. The molecule has 0 radical (unpaired) electrons. The number of hydrogen-bond acceptors (Lipinski definition) is 8. The van der Waals surface area contributed by atoms with Gasteiger partial charge in [0.1, 0.15) is 11.7 Å². The molecule has 0 saturated heterocycles. The van der Waals surface area contributed by atoms with Crippen molar-refractivity contribution < 1.29 is 37.9 Å². The van der Waals surface area contributed by atoms with Crippen molar-refractivity contribution in [2.24, 2.45) is 0 Å². The summed E-state index contributed by atoms with van der Waals surface area (Å²) in [7, 11) is -2.71. The zero-order valence-electron chi connectivity index (χ0n) is 12.7. The topological polar surface area (TPSA) is 124 Å². The number of hydrogen-bond donors (Lipinski definition) is 3. The van der Waals surface area contributed by atoms with Crippen LogP contribution < -0.4 is 5.32 Å². The average molecular weight is 329 g/mol. The highest BCUT2D eigenvalue weighted by atomic mass is 31.2. The van der Waals surface area contributed by atoms with E-state index < -0.39 is 38.8 Å². The molecule has 21 heavy (non-hydrogen) atoms. The van der Waals surface area contributed by atoms with E-state index in [0.29, 0.717) is 0 Å². The van der Waals surface area contributed by atoms with Crippen LogP contribution in [0, 0.1) is 0 Å². The number of alkyl carbamates (subject to hydrolysis) is 1. The molecule has 0 bridgehead atoms. The van der Waals surface area contributed by atoms with Crippen molar-refractivity contribution in [3.05, 3.63) is 0 Å². The SMILES string of the molecule is COP(=O)(OCCNC(=O)OC(C)(C)C)OC[C@@H](O)CO. The van der Waals surface area contributed by atoms with Crippen LogP contribution >= 0.6 is 7.82 Å². The van der Waals surface area contributed by atoms with E-state index in [4.69, 9.17) is 24.0 Å². The zero-order valence-corrected chi connectivity index (χ0v) is 13.6. The Morgan fingerprint density at radius 1 is 1.33 bits per heavy atom. The van der Waals surface area contributed by atoms with E-state index in [1.807, 2.05) is 0 Å². The van der Waals surface area contributed by atoms with Gasteiger partial charge in [-0.15, -0.1) is 0 Å². The maximum Gasteiger partial charge on any atom is 0.474 e. The van der Waals surface area contributed by atoms with Gasteiger partial charge >= 0.3 is 13.9 Å². The number of ether oxygens (including phenoxy) is 1. The fourth-order valence-corrected chi connectivity index (χ4v) is 1.95. The molecule has 0 aromatic carbocycles. The number of carbonyl (C=O) groups is 1.